The van der Waals surface area contributed by atoms with Gasteiger partial charge in [0, 0.05) is 0 Å². The third kappa shape index (κ3) is 2.76. The van der Waals surface area contributed by atoms with Gasteiger partial charge in [0.1, 0.15) is 5.75 Å². The predicted molar refractivity (Wildman–Crippen MR) is 84.8 cm³/mol. The molecule has 2 aromatic rings. The average molecular weight is 293 g/mol. The zero-order valence-electron chi connectivity index (χ0n) is 12.4. The molecular weight excluding hydrogens is 278 g/mol. The number of benzene rings is 2. The first kappa shape index (κ1) is 14.1. The van der Waals surface area contributed by atoms with E-state index in [9.17, 15) is 4.79 Å². The van der Waals surface area contributed by atoms with Gasteiger partial charge in [-0.3, -0.25) is 0 Å². The van der Waals surface area contributed by atoms with E-state index < -0.39 is 5.97 Å². The molecule has 1 aliphatic rings. The second-order valence-corrected chi connectivity index (χ2v) is 4.95. The van der Waals surface area contributed by atoms with Crippen LogP contribution in [0.4, 0.5) is 0 Å². The highest BCUT2D eigenvalue weighted by Crippen LogP contribution is 2.25. The highest BCUT2D eigenvalue weighted by molar-refractivity contribution is 6.13. The van der Waals surface area contributed by atoms with Crippen molar-refractivity contribution < 1.29 is 14.3 Å². The molecule has 0 spiro atoms. The molecule has 0 aliphatic carbocycles. The number of nitrogens with zero attached hydrogens (tertiary/aromatic N) is 1. The summed E-state index contributed by atoms with van der Waals surface area (Å²) in [4.78, 5) is 16.3. The van der Waals surface area contributed by atoms with E-state index in [-0.39, 0.29) is 11.6 Å². The van der Waals surface area contributed by atoms with Crippen molar-refractivity contribution in [3.63, 3.8) is 0 Å². The largest absolute Gasteiger partial charge is 0.496 e. The van der Waals surface area contributed by atoms with Crippen molar-refractivity contribution in [2.45, 2.75) is 6.92 Å². The van der Waals surface area contributed by atoms with Gasteiger partial charge in [-0.1, -0.05) is 42.0 Å². The zero-order valence-corrected chi connectivity index (χ0v) is 12.4. The van der Waals surface area contributed by atoms with Crippen LogP contribution in [0, 0.1) is 6.92 Å². The second kappa shape index (κ2) is 5.85. The summed E-state index contributed by atoms with van der Waals surface area (Å²) in [5, 5.41) is 0. The number of esters is 1. The van der Waals surface area contributed by atoms with Crippen LogP contribution >= 0.6 is 0 Å². The number of cyclic esters (lactones) is 1. The monoisotopic (exact) mass is 293 g/mol. The predicted octanol–water partition coefficient (Wildman–Crippen LogP) is 3.35. The maximum Gasteiger partial charge on any atom is 0.363 e. The molecule has 110 valence electrons. The Morgan fingerprint density at radius 1 is 1.14 bits per heavy atom. The summed E-state index contributed by atoms with van der Waals surface area (Å²) in [5.41, 5.74) is 2.98. The van der Waals surface area contributed by atoms with E-state index in [4.69, 9.17) is 9.47 Å². The Kier molecular flexibility index (Phi) is 3.74. The Morgan fingerprint density at radius 2 is 1.95 bits per heavy atom. The Bertz CT molecular complexity index is 790. The van der Waals surface area contributed by atoms with Crippen LogP contribution in [0.5, 0.6) is 5.75 Å². The highest BCUT2D eigenvalue weighted by atomic mass is 16.6. The van der Waals surface area contributed by atoms with Crippen molar-refractivity contribution in [1.29, 1.82) is 0 Å². The number of methoxy groups -OCH3 is 1. The summed E-state index contributed by atoms with van der Waals surface area (Å²) in [6, 6.07) is 15.1. The normalized spacial score (nSPS) is 15.6. The first-order valence-electron chi connectivity index (χ1n) is 6.90. The van der Waals surface area contributed by atoms with E-state index in [2.05, 4.69) is 4.99 Å². The van der Waals surface area contributed by atoms with Crippen LogP contribution in [0.2, 0.25) is 0 Å². The molecule has 0 unspecified atom stereocenters. The summed E-state index contributed by atoms with van der Waals surface area (Å²) in [5.74, 6) is 0.426. The lowest BCUT2D eigenvalue weighted by Gasteiger charge is -2.05. The quantitative estimate of drug-likeness (QED) is 0.644. The smallest absolute Gasteiger partial charge is 0.363 e. The number of rotatable bonds is 3. The van der Waals surface area contributed by atoms with Crippen molar-refractivity contribution in [1.82, 2.24) is 0 Å². The van der Waals surface area contributed by atoms with E-state index in [1.54, 1.807) is 25.3 Å². The highest BCUT2D eigenvalue weighted by Gasteiger charge is 2.25. The molecule has 0 fully saturated rings. The standard InChI is InChI=1S/C18H15NO3/c1-12-6-5-7-13(10-12)11-15-18(20)22-17(19-15)14-8-3-4-9-16(14)21-2/h3-11H,1-2H3/b15-11+. The van der Waals surface area contributed by atoms with Crippen molar-refractivity contribution in [2.24, 2.45) is 4.99 Å². The zero-order chi connectivity index (χ0) is 15.5. The van der Waals surface area contributed by atoms with E-state index in [1.165, 1.54) is 0 Å². The lowest BCUT2D eigenvalue weighted by Crippen LogP contribution is -2.06. The number of ether oxygens (including phenoxy) is 2. The minimum absolute atomic E-state index is 0.265. The number of carbonyl (C=O) groups excluding carboxylic acids is 1. The summed E-state index contributed by atoms with van der Waals surface area (Å²) in [6.45, 7) is 2.00. The molecule has 4 heteroatoms. The van der Waals surface area contributed by atoms with Gasteiger partial charge in [0.05, 0.1) is 12.7 Å². The number of aryl methyl sites for hydroxylation is 1. The van der Waals surface area contributed by atoms with E-state index in [1.807, 2.05) is 43.3 Å². The molecule has 0 radical (unpaired) electrons. The lowest BCUT2D eigenvalue weighted by molar-refractivity contribution is -0.129. The van der Waals surface area contributed by atoms with Gasteiger partial charge in [-0.25, -0.2) is 9.79 Å². The van der Waals surface area contributed by atoms with Crippen molar-refractivity contribution in [3.8, 4) is 5.75 Å². The maximum absolute atomic E-state index is 12.0. The molecule has 0 atom stereocenters. The minimum Gasteiger partial charge on any atom is -0.496 e. The molecule has 0 aromatic heterocycles. The maximum atomic E-state index is 12.0. The number of hydrogen-bond acceptors (Lipinski definition) is 4. The van der Waals surface area contributed by atoms with Gasteiger partial charge in [0.2, 0.25) is 5.90 Å². The van der Waals surface area contributed by atoms with E-state index in [0.717, 1.165) is 11.1 Å². The first-order chi connectivity index (χ1) is 10.7. The summed E-state index contributed by atoms with van der Waals surface area (Å²) in [7, 11) is 1.57. The number of aliphatic imine (C=N–C) groups is 1. The summed E-state index contributed by atoms with van der Waals surface area (Å²) in [6.07, 6.45) is 1.72. The van der Waals surface area contributed by atoms with Gasteiger partial charge < -0.3 is 9.47 Å². The Hall–Kier alpha value is -2.88. The summed E-state index contributed by atoms with van der Waals surface area (Å²) < 4.78 is 10.5. The topological polar surface area (TPSA) is 47.9 Å². The fraction of sp³-hybridized carbons (Fsp3) is 0.111. The lowest BCUT2D eigenvalue weighted by atomic mass is 10.1. The molecular formula is C18H15NO3. The van der Waals surface area contributed by atoms with Crippen LogP contribution in [0.25, 0.3) is 6.08 Å². The number of carbonyl (C=O) groups is 1. The van der Waals surface area contributed by atoms with Crippen LogP contribution < -0.4 is 4.74 Å². The summed E-state index contributed by atoms with van der Waals surface area (Å²) >= 11 is 0. The molecule has 0 amide bonds. The molecule has 1 heterocycles. The van der Waals surface area contributed by atoms with Crippen LogP contribution in [-0.2, 0) is 9.53 Å². The van der Waals surface area contributed by atoms with Gasteiger partial charge >= 0.3 is 5.97 Å². The molecule has 0 bridgehead atoms. The third-order valence-electron chi connectivity index (χ3n) is 3.30. The van der Waals surface area contributed by atoms with Gasteiger partial charge in [0.15, 0.2) is 5.70 Å². The molecule has 2 aromatic carbocycles. The Morgan fingerprint density at radius 3 is 2.73 bits per heavy atom. The van der Waals surface area contributed by atoms with Gasteiger partial charge in [-0.2, -0.15) is 0 Å². The molecule has 0 N–H and O–H groups in total. The van der Waals surface area contributed by atoms with Crippen LogP contribution in [0.3, 0.4) is 0 Å². The number of hydrogen-bond donors (Lipinski definition) is 0. The van der Waals surface area contributed by atoms with E-state index in [0.29, 0.717) is 11.3 Å². The van der Waals surface area contributed by atoms with Gasteiger partial charge in [0.25, 0.3) is 0 Å². The fourth-order valence-corrected chi connectivity index (χ4v) is 2.26. The third-order valence-corrected chi connectivity index (χ3v) is 3.30. The molecule has 0 saturated heterocycles. The van der Waals surface area contributed by atoms with Crippen LogP contribution in [0.15, 0.2) is 59.2 Å². The molecule has 4 nitrogen and oxygen atoms in total. The molecule has 1 aliphatic heterocycles. The van der Waals surface area contributed by atoms with E-state index >= 15 is 0 Å². The molecule has 22 heavy (non-hydrogen) atoms. The average Bonchev–Trinajstić information content (AvgIpc) is 2.88. The molecule has 3 rings (SSSR count). The van der Waals surface area contributed by atoms with Crippen LogP contribution in [0.1, 0.15) is 16.7 Å². The van der Waals surface area contributed by atoms with Crippen molar-refractivity contribution >= 4 is 17.9 Å². The Labute approximate surface area is 128 Å². The minimum atomic E-state index is -0.456. The van der Waals surface area contributed by atoms with Gasteiger partial charge in [-0.15, -0.1) is 0 Å². The van der Waals surface area contributed by atoms with Crippen LogP contribution in [-0.4, -0.2) is 19.0 Å². The number of para-hydroxylation sites is 1. The first-order valence-corrected chi connectivity index (χ1v) is 6.90. The van der Waals surface area contributed by atoms with Crippen molar-refractivity contribution in [3.05, 3.63) is 70.9 Å². The SMILES string of the molecule is COc1ccccc1C1=N/C(=C/c2cccc(C)c2)C(=O)O1. The Balaban J connectivity index is 1.98. The van der Waals surface area contributed by atoms with Gasteiger partial charge in [-0.05, 0) is 30.7 Å². The second-order valence-electron chi connectivity index (χ2n) is 4.95. The van der Waals surface area contributed by atoms with Crippen molar-refractivity contribution in [2.75, 3.05) is 7.11 Å². The molecule has 0 saturated carbocycles. The fourth-order valence-electron chi connectivity index (χ4n) is 2.26.